The van der Waals surface area contributed by atoms with E-state index in [-0.39, 0.29) is 12.9 Å². The second-order valence-corrected chi connectivity index (χ2v) is 3.65. The third-order valence-electron chi connectivity index (χ3n) is 1.45. The summed E-state index contributed by atoms with van der Waals surface area (Å²) in [5.74, 6) is 0. The first-order chi connectivity index (χ1) is 7.11. The van der Waals surface area contributed by atoms with Gasteiger partial charge in [0.25, 0.3) is 0 Å². The number of carbonyl (C=O) groups is 1. The van der Waals surface area contributed by atoms with Crippen LogP contribution >= 0.6 is 25.6 Å². The quantitative estimate of drug-likeness (QED) is 0.539. The van der Waals surface area contributed by atoms with Gasteiger partial charge in [-0.05, 0) is 39.5 Å². The molecular weight excluding hydrogens is 238 g/mol. The molecule has 0 unspecified atom stereocenters. The average molecular weight is 255 g/mol. The van der Waals surface area contributed by atoms with Crippen LogP contribution in [0.4, 0.5) is 4.79 Å². The minimum Gasteiger partial charge on any atom is -0.448 e. The molecule has 0 saturated carbocycles. The van der Waals surface area contributed by atoms with Gasteiger partial charge in [-0.2, -0.15) is 3.71 Å². The fourth-order valence-corrected chi connectivity index (χ4v) is 1.00. The first-order valence-electron chi connectivity index (χ1n) is 4.69. The van der Waals surface area contributed by atoms with E-state index in [9.17, 15) is 4.79 Å². The van der Waals surface area contributed by atoms with Crippen molar-refractivity contribution in [1.29, 1.82) is 0 Å². The molecule has 0 N–H and O–H groups in total. The molecular formula is C8H17NO4S2. The summed E-state index contributed by atoms with van der Waals surface area (Å²) in [5, 5.41) is 0. The molecule has 0 aromatic heterocycles. The topological polar surface area (TPSA) is 48.0 Å². The number of thiol groups is 2. The largest absolute Gasteiger partial charge is 0.448 e. The Labute approximate surface area is 101 Å². The van der Waals surface area contributed by atoms with Gasteiger partial charge >= 0.3 is 6.09 Å². The summed E-state index contributed by atoms with van der Waals surface area (Å²) in [5.41, 5.74) is 0. The second kappa shape index (κ2) is 9.14. The molecule has 0 heterocycles. The monoisotopic (exact) mass is 255 g/mol. The van der Waals surface area contributed by atoms with Crippen molar-refractivity contribution in [1.82, 2.24) is 3.71 Å². The maximum absolute atomic E-state index is 10.9. The van der Waals surface area contributed by atoms with Crippen LogP contribution in [-0.2, 0) is 14.2 Å². The van der Waals surface area contributed by atoms with Gasteiger partial charge in [-0.3, -0.25) is 0 Å². The third kappa shape index (κ3) is 7.78. The van der Waals surface area contributed by atoms with E-state index >= 15 is 0 Å². The van der Waals surface area contributed by atoms with Crippen LogP contribution < -0.4 is 0 Å². The maximum Gasteiger partial charge on any atom is 0.429 e. The Morgan fingerprint density at radius 2 is 1.80 bits per heavy atom. The summed E-state index contributed by atoms with van der Waals surface area (Å²) < 4.78 is 16.1. The molecule has 0 aromatic carbocycles. The Balaban J connectivity index is 3.65. The molecule has 0 saturated heterocycles. The lowest BCUT2D eigenvalue weighted by Crippen LogP contribution is -2.22. The Bertz CT molecular complexity index is 174. The SMILES string of the molecule is CCOC(CCOC(=O)N(S)S)OCC. The van der Waals surface area contributed by atoms with Gasteiger partial charge in [-0.1, -0.05) is 0 Å². The predicted octanol–water partition coefficient (Wildman–Crippen LogP) is 1.90. The second-order valence-electron chi connectivity index (χ2n) is 2.53. The van der Waals surface area contributed by atoms with E-state index in [1.165, 1.54) is 0 Å². The van der Waals surface area contributed by atoms with Crippen molar-refractivity contribution in [3.8, 4) is 0 Å². The van der Waals surface area contributed by atoms with Crippen molar-refractivity contribution < 1.29 is 19.0 Å². The van der Waals surface area contributed by atoms with Crippen LogP contribution in [0.2, 0.25) is 0 Å². The molecule has 90 valence electrons. The van der Waals surface area contributed by atoms with Crippen LogP contribution in [0.25, 0.3) is 0 Å². The number of rotatable bonds is 7. The van der Waals surface area contributed by atoms with E-state index in [0.29, 0.717) is 19.6 Å². The Morgan fingerprint density at radius 1 is 1.27 bits per heavy atom. The van der Waals surface area contributed by atoms with Crippen molar-refractivity contribution >= 4 is 31.7 Å². The van der Waals surface area contributed by atoms with Gasteiger partial charge < -0.3 is 14.2 Å². The molecule has 0 rings (SSSR count). The lowest BCUT2D eigenvalue weighted by atomic mass is 10.4. The molecule has 0 aromatic rings. The highest BCUT2D eigenvalue weighted by Crippen LogP contribution is 2.05. The molecule has 0 fully saturated rings. The molecule has 0 aliphatic carbocycles. The molecule has 0 bridgehead atoms. The number of carbonyl (C=O) groups excluding carboxylic acids is 1. The number of amides is 1. The lowest BCUT2D eigenvalue weighted by Gasteiger charge is -2.17. The van der Waals surface area contributed by atoms with Crippen LogP contribution in [0.3, 0.4) is 0 Å². The maximum atomic E-state index is 10.9. The molecule has 0 atom stereocenters. The summed E-state index contributed by atoms with van der Waals surface area (Å²) in [6.07, 6.45) is -0.461. The van der Waals surface area contributed by atoms with Crippen molar-refractivity contribution in [3.05, 3.63) is 0 Å². The highest BCUT2D eigenvalue weighted by Gasteiger charge is 2.11. The molecule has 5 nitrogen and oxygen atoms in total. The standard InChI is InChI=1S/C8H17NO4S2/c1-3-11-7(12-4-2)5-6-13-8(10)9(14)15/h7,14-15H,3-6H2,1-2H3. The van der Waals surface area contributed by atoms with Crippen molar-refractivity contribution in [2.75, 3.05) is 19.8 Å². The Hall–Kier alpha value is -0.110. The number of hydrogen-bond donors (Lipinski definition) is 2. The van der Waals surface area contributed by atoms with Gasteiger partial charge in [-0.15, -0.1) is 0 Å². The van der Waals surface area contributed by atoms with E-state index in [2.05, 4.69) is 25.6 Å². The molecule has 0 radical (unpaired) electrons. The van der Waals surface area contributed by atoms with E-state index in [1.807, 2.05) is 13.8 Å². The van der Waals surface area contributed by atoms with Crippen LogP contribution in [0, 0.1) is 0 Å². The zero-order valence-electron chi connectivity index (χ0n) is 8.88. The molecule has 0 aliphatic rings. The van der Waals surface area contributed by atoms with Gasteiger partial charge in [0, 0.05) is 19.6 Å². The highest BCUT2D eigenvalue weighted by atomic mass is 32.2. The number of ether oxygens (including phenoxy) is 3. The zero-order valence-corrected chi connectivity index (χ0v) is 10.7. The van der Waals surface area contributed by atoms with Gasteiger partial charge in [-0.25, -0.2) is 4.79 Å². The van der Waals surface area contributed by atoms with Gasteiger partial charge in [0.05, 0.1) is 6.61 Å². The van der Waals surface area contributed by atoms with E-state index in [4.69, 9.17) is 14.2 Å². The smallest absolute Gasteiger partial charge is 0.429 e. The van der Waals surface area contributed by atoms with E-state index in [0.717, 1.165) is 3.71 Å². The molecule has 0 aliphatic heterocycles. The summed E-state index contributed by atoms with van der Waals surface area (Å²) >= 11 is 7.32. The summed E-state index contributed by atoms with van der Waals surface area (Å²) in [6.45, 7) is 5.08. The minimum absolute atomic E-state index is 0.209. The highest BCUT2D eigenvalue weighted by molar-refractivity contribution is 7.94. The molecule has 15 heavy (non-hydrogen) atoms. The number of nitrogens with zero attached hydrogens (tertiary/aromatic N) is 1. The van der Waals surface area contributed by atoms with Gasteiger partial charge in [0.2, 0.25) is 0 Å². The zero-order chi connectivity index (χ0) is 11.7. The Kier molecular flexibility index (Phi) is 9.07. The fraction of sp³-hybridized carbons (Fsp3) is 0.875. The van der Waals surface area contributed by atoms with Crippen LogP contribution in [0.5, 0.6) is 0 Å². The molecule has 1 amide bonds. The normalized spacial score (nSPS) is 10.5. The van der Waals surface area contributed by atoms with Crippen molar-refractivity contribution in [2.24, 2.45) is 0 Å². The van der Waals surface area contributed by atoms with Gasteiger partial charge in [0.15, 0.2) is 6.29 Å². The minimum atomic E-state index is -0.617. The summed E-state index contributed by atoms with van der Waals surface area (Å²) in [4.78, 5) is 10.9. The van der Waals surface area contributed by atoms with Crippen LogP contribution in [0.15, 0.2) is 0 Å². The Morgan fingerprint density at radius 3 is 2.20 bits per heavy atom. The predicted molar refractivity (Wildman–Crippen MR) is 62.8 cm³/mol. The first-order valence-corrected chi connectivity index (χ1v) is 5.49. The van der Waals surface area contributed by atoms with Crippen molar-refractivity contribution in [2.45, 2.75) is 26.6 Å². The van der Waals surface area contributed by atoms with E-state index in [1.54, 1.807) is 0 Å². The average Bonchev–Trinajstić information content (AvgIpc) is 2.18. The lowest BCUT2D eigenvalue weighted by molar-refractivity contribution is -0.144. The van der Waals surface area contributed by atoms with Crippen LogP contribution in [0.1, 0.15) is 20.3 Å². The summed E-state index contributed by atoms with van der Waals surface area (Å²) in [6, 6.07) is 0. The molecule has 0 spiro atoms. The van der Waals surface area contributed by atoms with E-state index < -0.39 is 6.09 Å². The fourth-order valence-electron chi connectivity index (χ4n) is 0.887. The molecule has 7 heteroatoms. The van der Waals surface area contributed by atoms with Gasteiger partial charge in [0.1, 0.15) is 0 Å². The third-order valence-corrected chi connectivity index (χ3v) is 1.77. The first kappa shape index (κ1) is 14.9. The van der Waals surface area contributed by atoms with Crippen LogP contribution in [-0.4, -0.2) is 35.9 Å². The van der Waals surface area contributed by atoms with Crippen molar-refractivity contribution in [3.63, 3.8) is 0 Å². The number of hydrogen-bond acceptors (Lipinski definition) is 6. The summed E-state index contributed by atoms with van der Waals surface area (Å²) in [7, 11) is 0.